The number of pyridine rings is 1. The molecule has 0 radical (unpaired) electrons. The average Bonchev–Trinajstić information content (AvgIpc) is 2.74. The van der Waals surface area contributed by atoms with Crippen molar-refractivity contribution in [2.45, 2.75) is 31.3 Å². The van der Waals surface area contributed by atoms with Crippen LogP contribution >= 0.6 is 0 Å². The molecule has 0 unspecified atom stereocenters. The van der Waals surface area contributed by atoms with E-state index in [2.05, 4.69) is 4.98 Å². The predicted octanol–water partition coefficient (Wildman–Crippen LogP) is 1.60. The van der Waals surface area contributed by atoms with E-state index in [9.17, 15) is 14.3 Å². The second-order valence-electron chi connectivity index (χ2n) is 4.94. The van der Waals surface area contributed by atoms with Crippen molar-refractivity contribution in [3.63, 3.8) is 0 Å². The van der Waals surface area contributed by atoms with Crippen LogP contribution in [0.2, 0.25) is 0 Å². The summed E-state index contributed by atoms with van der Waals surface area (Å²) in [5, 5.41) is 10.2. The fourth-order valence-electron chi connectivity index (χ4n) is 2.43. The lowest BCUT2D eigenvalue weighted by Crippen LogP contribution is -2.42. The summed E-state index contributed by atoms with van der Waals surface area (Å²) in [7, 11) is 1.60. The third-order valence-electron chi connectivity index (χ3n) is 3.35. The van der Waals surface area contributed by atoms with Crippen LogP contribution in [0.25, 0.3) is 0 Å². The lowest BCUT2D eigenvalue weighted by molar-refractivity contribution is 0.0154. The van der Waals surface area contributed by atoms with Crippen molar-refractivity contribution in [1.29, 1.82) is 0 Å². The Kier molecular flexibility index (Phi) is 3.61. The second kappa shape index (κ2) is 5.02. The number of carbonyl (C=O) groups excluding carboxylic acids is 1. The van der Waals surface area contributed by atoms with Crippen LogP contribution in [0.3, 0.4) is 0 Å². The largest absolute Gasteiger partial charge is 0.388 e. The van der Waals surface area contributed by atoms with Crippen LogP contribution in [0, 0.1) is 5.95 Å². The van der Waals surface area contributed by atoms with E-state index in [1.165, 1.54) is 23.1 Å². The van der Waals surface area contributed by atoms with Crippen LogP contribution in [0.5, 0.6) is 0 Å². The fourth-order valence-corrected chi connectivity index (χ4v) is 2.43. The van der Waals surface area contributed by atoms with Gasteiger partial charge in [0.05, 0.1) is 5.60 Å². The molecule has 1 amide bonds. The maximum absolute atomic E-state index is 12.9. The van der Waals surface area contributed by atoms with Crippen molar-refractivity contribution in [1.82, 2.24) is 9.88 Å². The summed E-state index contributed by atoms with van der Waals surface area (Å²) in [6.45, 7) is 0.268. The van der Waals surface area contributed by atoms with Crippen LogP contribution < -0.4 is 0 Å². The number of aromatic nitrogens is 1. The maximum Gasteiger partial charge on any atom is 0.272 e. The summed E-state index contributed by atoms with van der Waals surface area (Å²) in [6, 6.07) is 4.12. The highest BCUT2D eigenvalue weighted by Crippen LogP contribution is 2.30. The molecule has 1 saturated carbocycles. The van der Waals surface area contributed by atoms with Gasteiger partial charge in [0.1, 0.15) is 5.69 Å². The van der Waals surface area contributed by atoms with Gasteiger partial charge >= 0.3 is 0 Å². The zero-order chi connectivity index (χ0) is 13.2. The third kappa shape index (κ3) is 2.85. The van der Waals surface area contributed by atoms with Crippen molar-refractivity contribution >= 4 is 5.91 Å². The molecular weight excluding hydrogens is 235 g/mol. The number of hydrogen-bond acceptors (Lipinski definition) is 3. The van der Waals surface area contributed by atoms with Gasteiger partial charge in [-0.15, -0.1) is 0 Å². The van der Waals surface area contributed by atoms with Crippen molar-refractivity contribution in [2.24, 2.45) is 0 Å². The first-order valence-electron chi connectivity index (χ1n) is 6.11. The van der Waals surface area contributed by atoms with Gasteiger partial charge < -0.3 is 10.0 Å². The number of rotatable bonds is 3. The summed E-state index contributed by atoms with van der Waals surface area (Å²) >= 11 is 0. The van der Waals surface area contributed by atoms with Gasteiger partial charge in [0, 0.05) is 13.6 Å². The van der Waals surface area contributed by atoms with Gasteiger partial charge in [0.15, 0.2) is 0 Å². The van der Waals surface area contributed by atoms with E-state index >= 15 is 0 Å². The van der Waals surface area contributed by atoms with Gasteiger partial charge in [0.2, 0.25) is 5.95 Å². The first-order chi connectivity index (χ1) is 8.50. The molecule has 0 aliphatic heterocycles. The van der Waals surface area contributed by atoms with Crippen molar-refractivity contribution in [3.8, 4) is 0 Å². The molecule has 98 valence electrons. The van der Waals surface area contributed by atoms with Gasteiger partial charge in [-0.2, -0.15) is 4.39 Å². The monoisotopic (exact) mass is 252 g/mol. The van der Waals surface area contributed by atoms with E-state index in [4.69, 9.17) is 0 Å². The Labute approximate surface area is 105 Å². The minimum Gasteiger partial charge on any atom is -0.388 e. The maximum atomic E-state index is 12.9. The fraction of sp³-hybridized carbons (Fsp3) is 0.538. The van der Waals surface area contributed by atoms with E-state index in [-0.39, 0.29) is 18.1 Å². The molecule has 1 aliphatic carbocycles. The number of halogens is 1. The number of nitrogens with zero attached hydrogens (tertiary/aromatic N) is 2. The number of hydrogen-bond donors (Lipinski definition) is 1. The SMILES string of the molecule is CN(CC1(O)CCCC1)C(=O)c1cccc(F)n1. The zero-order valence-corrected chi connectivity index (χ0v) is 10.4. The number of likely N-dealkylation sites (N-methyl/N-ethyl adjacent to an activating group) is 1. The van der Waals surface area contributed by atoms with Crippen LogP contribution in [-0.4, -0.2) is 40.1 Å². The second-order valence-corrected chi connectivity index (χ2v) is 4.94. The Hall–Kier alpha value is -1.49. The Morgan fingerprint density at radius 1 is 1.50 bits per heavy atom. The van der Waals surface area contributed by atoms with E-state index < -0.39 is 11.5 Å². The standard InChI is InChI=1S/C13H17FN2O2/c1-16(9-13(18)7-2-3-8-13)12(17)10-5-4-6-11(14)15-10/h4-6,18H,2-3,7-9H2,1H3. The first kappa shape index (κ1) is 13.0. The van der Waals surface area contributed by atoms with Crippen molar-refractivity contribution in [2.75, 3.05) is 13.6 Å². The van der Waals surface area contributed by atoms with Gasteiger partial charge in [-0.1, -0.05) is 18.9 Å². The summed E-state index contributed by atoms with van der Waals surface area (Å²) in [5.41, 5.74) is -0.725. The Morgan fingerprint density at radius 2 is 2.17 bits per heavy atom. The molecule has 1 heterocycles. The van der Waals surface area contributed by atoms with E-state index in [1.807, 2.05) is 0 Å². The summed E-state index contributed by atoms with van der Waals surface area (Å²) < 4.78 is 12.9. The highest BCUT2D eigenvalue weighted by molar-refractivity contribution is 5.92. The third-order valence-corrected chi connectivity index (χ3v) is 3.35. The molecule has 1 fully saturated rings. The molecule has 1 aliphatic rings. The van der Waals surface area contributed by atoms with Crippen LogP contribution in [-0.2, 0) is 0 Å². The molecule has 0 bridgehead atoms. The highest BCUT2D eigenvalue weighted by Gasteiger charge is 2.33. The van der Waals surface area contributed by atoms with Crippen molar-refractivity contribution < 1.29 is 14.3 Å². The topological polar surface area (TPSA) is 53.4 Å². The highest BCUT2D eigenvalue weighted by atomic mass is 19.1. The Bertz CT molecular complexity index is 444. The van der Waals surface area contributed by atoms with Crippen LogP contribution in [0.15, 0.2) is 18.2 Å². The molecule has 0 aromatic carbocycles. The van der Waals surface area contributed by atoms with Crippen molar-refractivity contribution in [3.05, 3.63) is 29.8 Å². The molecule has 1 aromatic rings. The molecule has 4 nitrogen and oxygen atoms in total. The molecule has 1 aromatic heterocycles. The molecule has 0 atom stereocenters. The molecule has 1 N–H and O–H groups in total. The first-order valence-corrected chi connectivity index (χ1v) is 6.11. The lowest BCUT2D eigenvalue weighted by Gasteiger charge is -2.28. The smallest absolute Gasteiger partial charge is 0.272 e. The normalized spacial score (nSPS) is 17.7. The summed E-state index contributed by atoms with van der Waals surface area (Å²) in [5.74, 6) is -1.04. The molecule has 5 heteroatoms. The van der Waals surface area contributed by atoms with E-state index in [0.29, 0.717) is 12.8 Å². The Balaban J connectivity index is 2.04. The van der Waals surface area contributed by atoms with Crippen LogP contribution in [0.4, 0.5) is 4.39 Å². The molecular formula is C13H17FN2O2. The molecule has 18 heavy (non-hydrogen) atoms. The lowest BCUT2D eigenvalue weighted by atomic mass is 10.0. The number of carbonyl (C=O) groups is 1. The molecule has 2 rings (SSSR count). The molecule has 0 spiro atoms. The minimum absolute atomic E-state index is 0.0686. The predicted molar refractivity (Wildman–Crippen MR) is 64.6 cm³/mol. The van der Waals surface area contributed by atoms with Gasteiger partial charge in [0.25, 0.3) is 5.91 Å². The Morgan fingerprint density at radius 3 is 2.78 bits per heavy atom. The molecule has 0 saturated heterocycles. The number of amides is 1. The average molecular weight is 252 g/mol. The van der Waals surface area contributed by atoms with E-state index in [1.54, 1.807) is 7.05 Å². The summed E-state index contributed by atoms with van der Waals surface area (Å²) in [6.07, 6.45) is 3.38. The number of aliphatic hydroxyl groups is 1. The van der Waals surface area contributed by atoms with E-state index in [0.717, 1.165) is 12.8 Å². The quantitative estimate of drug-likeness (QED) is 0.831. The zero-order valence-electron chi connectivity index (χ0n) is 10.4. The summed E-state index contributed by atoms with van der Waals surface area (Å²) in [4.78, 5) is 17.0. The van der Waals surface area contributed by atoms with Crippen LogP contribution in [0.1, 0.15) is 36.2 Å². The van der Waals surface area contributed by atoms with Gasteiger partial charge in [-0.3, -0.25) is 4.79 Å². The van der Waals surface area contributed by atoms with Gasteiger partial charge in [-0.25, -0.2) is 4.98 Å². The minimum atomic E-state index is -0.794. The van der Waals surface area contributed by atoms with Gasteiger partial charge in [-0.05, 0) is 25.0 Å².